The van der Waals surface area contributed by atoms with Crippen LogP contribution in [0.3, 0.4) is 0 Å². The van der Waals surface area contributed by atoms with Crippen LogP contribution in [0.25, 0.3) is 0 Å². The molecule has 0 spiro atoms. The molecule has 1 N–H and O–H groups in total. The topological polar surface area (TPSA) is 52.9 Å². The lowest BCUT2D eigenvalue weighted by Gasteiger charge is -2.08. The third-order valence-corrected chi connectivity index (χ3v) is 1.24. The first-order valence-corrected chi connectivity index (χ1v) is 3.39. The van der Waals surface area contributed by atoms with Crippen LogP contribution in [0, 0.1) is 4.91 Å². The Kier molecular flexibility index (Phi) is 4.84. The molecule has 1 unspecified atom stereocenters. The highest BCUT2D eigenvalue weighted by atomic mass is 16.3. The Labute approximate surface area is 60.8 Å². The van der Waals surface area contributed by atoms with Gasteiger partial charge in [0, 0.05) is 13.6 Å². The van der Waals surface area contributed by atoms with E-state index in [-0.39, 0.29) is 6.10 Å². The molecule has 4 heteroatoms. The van der Waals surface area contributed by atoms with Crippen LogP contribution in [0.4, 0.5) is 0 Å². The van der Waals surface area contributed by atoms with Gasteiger partial charge in [-0.1, -0.05) is 0 Å². The summed E-state index contributed by atoms with van der Waals surface area (Å²) in [4.78, 5) is 9.79. The predicted molar refractivity (Wildman–Crippen MR) is 39.3 cm³/mol. The van der Waals surface area contributed by atoms with Crippen LogP contribution >= 0.6 is 0 Å². The Bertz CT molecular complexity index is 95.7. The maximum absolute atomic E-state index is 9.79. The summed E-state index contributed by atoms with van der Waals surface area (Å²) in [5, 5.41) is 12.8. The third kappa shape index (κ3) is 5.50. The number of rotatable bonds is 5. The molecular weight excluding hydrogens is 132 g/mol. The van der Waals surface area contributed by atoms with Gasteiger partial charge in [-0.25, -0.2) is 0 Å². The largest absolute Gasteiger partial charge is 0.393 e. The summed E-state index contributed by atoms with van der Waals surface area (Å²) in [5.74, 6) is 0. The van der Waals surface area contributed by atoms with Crippen molar-refractivity contribution >= 4 is 0 Å². The van der Waals surface area contributed by atoms with Crippen LogP contribution in [0.2, 0.25) is 0 Å². The van der Waals surface area contributed by atoms with Crippen molar-refractivity contribution in [3.63, 3.8) is 0 Å². The number of hydrogen-bond acceptors (Lipinski definition) is 3. The molecule has 0 saturated carbocycles. The minimum Gasteiger partial charge on any atom is -0.393 e. The zero-order valence-electron chi connectivity index (χ0n) is 6.45. The molecule has 0 aliphatic rings. The average molecular weight is 146 g/mol. The summed E-state index contributed by atoms with van der Waals surface area (Å²) >= 11 is 0. The van der Waals surface area contributed by atoms with Crippen LogP contribution in [0.15, 0.2) is 5.29 Å². The van der Waals surface area contributed by atoms with Gasteiger partial charge in [0.05, 0.1) is 11.4 Å². The quantitative estimate of drug-likeness (QED) is 0.460. The Morgan fingerprint density at radius 3 is 2.70 bits per heavy atom. The van der Waals surface area contributed by atoms with Crippen LogP contribution in [-0.4, -0.2) is 29.8 Å². The second-order valence-electron chi connectivity index (χ2n) is 2.45. The van der Waals surface area contributed by atoms with E-state index in [1.54, 1.807) is 14.0 Å². The first-order chi connectivity index (χ1) is 4.66. The summed E-state index contributed by atoms with van der Waals surface area (Å²) in [6.07, 6.45) is 1.25. The molecule has 0 amide bonds. The highest BCUT2D eigenvalue weighted by Gasteiger charge is 1.97. The van der Waals surface area contributed by atoms with Gasteiger partial charge in [-0.05, 0) is 19.8 Å². The van der Waals surface area contributed by atoms with Crippen LogP contribution < -0.4 is 0 Å². The van der Waals surface area contributed by atoms with E-state index in [1.807, 2.05) is 0 Å². The second kappa shape index (κ2) is 5.17. The monoisotopic (exact) mass is 146 g/mol. The summed E-state index contributed by atoms with van der Waals surface area (Å²) < 4.78 is 0. The van der Waals surface area contributed by atoms with E-state index in [1.165, 1.54) is 5.01 Å². The molecule has 0 rings (SSSR count). The van der Waals surface area contributed by atoms with E-state index in [2.05, 4.69) is 5.29 Å². The molecule has 0 aliphatic carbocycles. The van der Waals surface area contributed by atoms with Gasteiger partial charge in [-0.2, -0.15) is 0 Å². The lowest BCUT2D eigenvalue weighted by atomic mass is 10.2. The summed E-state index contributed by atoms with van der Waals surface area (Å²) in [7, 11) is 1.62. The van der Waals surface area contributed by atoms with Crippen molar-refractivity contribution in [2.45, 2.75) is 25.9 Å². The van der Waals surface area contributed by atoms with Gasteiger partial charge in [0.2, 0.25) is 0 Å². The Morgan fingerprint density at radius 1 is 1.70 bits per heavy atom. The maximum atomic E-state index is 9.79. The highest BCUT2D eigenvalue weighted by Crippen LogP contribution is 1.96. The van der Waals surface area contributed by atoms with Gasteiger partial charge >= 0.3 is 0 Å². The van der Waals surface area contributed by atoms with E-state index in [4.69, 9.17) is 5.11 Å². The summed E-state index contributed by atoms with van der Waals surface area (Å²) in [6, 6.07) is 0. The molecule has 0 bridgehead atoms. The van der Waals surface area contributed by atoms with Gasteiger partial charge in [0.15, 0.2) is 0 Å². The molecule has 0 fully saturated rings. The predicted octanol–water partition coefficient (Wildman–Crippen LogP) is 0.761. The Morgan fingerprint density at radius 2 is 2.30 bits per heavy atom. The first-order valence-electron chi connectivity index (χ1n) is 3.39. The minimum atomic E-state index is -0.278. The number of nitroso groups, excluding NO2 is 1. The Balaban J connectivity index is 3.11. The summed E-state index contributed by atoms with van der Waals surface area (Å²) in [5.41, 5.74) is 0. The fourth-order valence-corrected chi connectivity index (χ4v) is 0.656. The zero-order valence-corrected chi connectivity index (χ0v) is 6.45. The fraction of sp³-hybridized carbons (Fsp3) is 1.00. The molecule has 0 aliphatic heterocycles. The van der Waals surface area contributed by atoms with Crippen molar-refractivity contribution in [3.8, 4) is 0 Å². The Hall–Kier alpha value is -0.640. The van der Waals surface area contributed by atoms with E-state index >= 15 is 0 Å². The molecule has 0 aromatic heterocycles. The molecule has 0 saturated heterocycles. The molecule has 4 nitrogen and oxygen atoms in total. The molecule has 0 heterocycles. The number of hydrogen-bond donors (Lipinski definition) is 1. The fourth-order valence-electron chi connectivity index (χ4n) is 0.656. The molecule has 60 valence electrons. The SMILES string of the molecule is CC(O)CCCN(C)N=O. The van der Waals surface area contributed by atoms with Gasteiger partial charge in [-0.3, -0.25) is 5.01 Å². The highest BCUT2D eigenvalue weighted by molar-refractivity contribution is 4.49. The smallest absolute Gasteiger partial charge is 0.0521 e. The van der Waals surface area contributed by atoms with Crippen molar-refractivity contribution in [1.29, 1.82) is 0 Å². The van der Waals surface area contributed by atoms with Crippen LogP contribution in [-0.2, 0) is 0 Å². The normalized spacial score (nSPS) is 12.7. The first kappa shape index (κ1) is 9.36. The van der Waals surface area contributed by atoms with Crippen LogP contribution in [0.1, 0.15) is 19.8 Å². The van der Waals surface area contributed by atoms with E-state index in [0.717, 1.165) is 12.8 Å². The third-order valence-electron chi connectivity index (χ3n) is 1.24. The van der Waals surface area contributed by atoms with E-state index in [9.17, 15) is 4.91 Å². The number of aliphatic hydroxyl groups is 1. The van der Waals surface area contributed by atoms with Crippen molar-refractivity contribution in [1.82, 2.24) is 5.01 Å². The van der Waals surface area contributed by atoms with Crippen molar-refractivity contribution < 1.29 is 5.11 Å². The minimum absolute atomic E-state index is 0.278. The van der Waals surface area contributed by atoms with E-state index < -0.39 is 0 Å². The standard InChI is InChI=1S/C6H14N2O2/c1-6(9)4-3-5-8(2)7-10/h6,9H,3-5H2,1-2H3. The molecule has 0 aromatic carbocycles. The van der Waals surface area contributed by atoms with Gasteiger partial charge in [0.1, 0.15) is 0 Å². The van der Waals surface area contributed by atoms with Gasteiger partial charge in [0.25, 0.3) is 0 Å². The van der Waals surface area contributed by atoms with Crippen molar-refractivity contribution in [2.75, 3.05) is 13.6 Å². The molecule has 1 atom stereocenters. The summed E-state index contributed by atoms with van der Waals surface area (Å²) in [6.45, 7) is 2.35. The zero-order chi connectivity index (χ0) is 7.98. The van der Waals surface area contributed by atoms with Gasteiger partial charge in [-0.15, -0.1) is 4.91 Å². The molecular formula is C6H14N2O2. The molecule has 0 aromatic rings. The lowest BCUT2D eigenvalue weighted by Crippen LogP contribution is -2.13. The average Bonchev–Trinajstić information content (AvgIpc) is 1.87. The molecule has 10 heavy (non-hydrogen) atoms. The van der Waals surface area contributed by atoms with Crippen molar-refractivity contribution in [3.05, 3.63) is 4.91 Å². The number of aliphatic hydroxyl groups excluding tert-OH is 1. The lowest BCUT2D eigenvalue weighted by molar-refractivity contribution is 0.175. The van der Waals surface area contributed by atoms with Crippen LogP contribution in [0.5, 0.6) is 0 Å². The van der Waals surface area contributed by atoms with E-state index in [0.29, 0.717) is 6.54 Å². The van der Waals surface area contributed by atoms with Crippen molar-refractivity contribution in [2.24, 2.45) is 5.29 Å². The maximum Gasteiger partial charge on any atom is 0.0521 e. The second-order valence-corrected chi connectivity index (χ2v) is 2.45. The number of nitrogens with zero attached hydrogens (tertiary/aromatic N) is 2. The molecule has 0 radical (unpaired) electrons. The van der Waals surface area contributed by atoms with Gasteiger partial charge < -0.3 is 5.11 Å².